The number of nitrogens with zero attached hydrogens (tertiary/aromatic N) is 2. The summed E-state index contributed by atoms with van der Waals surface area (Å²) in [7, 11) is 0. The van der Waals surface area contributed by atoms with Crippen LogP contribution in [-0.2, 0) is 9.53 Å². The summed E-state index contributed by atoms with van der Waals surface area (Å²) < 4.78 is 3.82. The van der Waals surface area contributed by atoms with Gasteiger partial charge in [0.05, 0.1) is 0 Å². The van der Waals surface area contributed by atoms with Gasteiger partial charge in [-0.15, -0.1) is 0 Å². The molecule has 0 aliphatic rings. The van der Waals surface area contributed by atoms with Crippen molar-refractivity contribution in [3.05, 3.63) is 20.2 Å². The third-order valence-corrected chi connectivity index (χ3v) is 1.27. The molecule has 0 aliphatic heterocycles. The number of nitro groups is 2. The van der Waals surface area contributed by atoms with Crippen molar-refractivity contribution in [3.8, 4) is 0 Å². The fourth-order valence-corrected chi connectivity index (χ4v) is 0.571. The average molecular weight is 178 g/mol. The third kappa shape index (κ3) is 1.47. The first kappa shape index (κ1) is 10.3. The third-order valence-electron chi connectivity index (χ3n) is 1.27. The quantitative estimate of drug-likeness (QED) is 0.249. The van der Waals surface area contributed by atoms with Crippen LogP contribution in [-0.4, -0.2) is 22.2 Å². The zero-order chi connectivity index (χ0) is 9.78. The minimum atomic E-state index is -2.83. The summed E-state index contributed by atoms with van der Waals surface area (Å²) in [5, 5.41) is 20.3. The predicted molar refractivity (Wildman–Crippen MR) is 34.2 cm³/mol. The van der Waals surface area contributed by atoms with E-state index in [9.17, 15) is 25.0 Å². The molecule has 0 N–H and O–H groups in total. The largest absolute Gasteiger partial charge is 0.621 e. The van der Waals surface area contributed by atoms with Crippen molar-refractivity contribution in [1.29, 1.82) is 0 Å². The Bertz CT molecular complexity index is 200. The molecule has 0 amide bonds. The zero-order valence-electron chi connectivity index (χ0n) is 6.13. The summed E-state index contributed by atoms with van der Waals surface area (Å²) in [6.45, 7) is 0.865. The van der Waals surface area contributed by atoms with E-state index in [1.807, 2.05) is 0 Å². The van der Waals surface area contributed by atoms with E-state index in [1.54, 1.807) is 0 Å². The highest BCUT2D eigenvalue weighted by molar-refractivity contribution is 5.37. The van der Waals surface area contributed by atoms with Gasteiger partial charge in [0.1, 0.15) is 16.3 Å². The van der Waals surface area contributed by atoms with Crippen LogP contribution in [0, 0.1) is 20.2 Å². The maximum atomic E-state index is 10.2. The number of rotatable bonds is 5. The normalized spacial score (nSPS) is 10.4. The zero-order valence-corrected chi connectivity index (χ0v) is 6.13. The van der Waals surface area contributed by atoms with Gasteiger partial charge < -0.3 is 4.74 Å². The predicted octanol–water partition coefficient (Wildman–Crippen LogP) is -0.223. The van der Waals surface area contributed by atoms with Crippen LogP contribution in [0.25, 0.3) is 0 Å². The lowest BCUT2D eigenvalue weighted by Gasteiger charge is -2.11. The van der Waals surface area contributed by atoms with Gasteiger partial charge >= 0.3 is 12.3 Å². The van der Waals surface area contributed by atoms with Crippen LogP contribution < -0.4 is 0 Å². The van der Waals surface area contributed by atoms with Gasteiger partial charge in [0.25, 0.3) is 0 Å². The first-order valence-corrected chi connectivity index (χ1v) is 2.91. The molecule has 8 heteroatoms. The van der Waals surface area contributed by atoms with Crippen molar-refractivity contribution in [2.75, 3.05) is 0 Å². The highest BCUT2D eigenvalue weighted by Crippen LogP contribution is 2.15. The van der Waals surface area contributed by atoms with Gasteiger partial charge in [-0.25, -0.2) is 0 Å². The second kappa shape index (κ2) is 3.60. The molecule has 0 aromatic heterocycles. The molecule has 8 nitrogen and oxygen atoms in total. The van der Waals surface area contributed by atoms with E-state index in [0.29, 0.717) is 0 Å². The van der Waals surface area contributed by atoms with E-state index in [4.69, 9.17) is 0 Å². The smallest absolute Gasteiger partial charge is 0.340 e. The van der Waals surface area contributed by atoms with Gasteiger partial charge in [0, 0.05) is 0 Å². The first-order chi connectivity index (χ1) is 5.51. The molecular formula is C4H6N2O6. The summed E-state index contributed by atoms with van der Waals surface area (Å²) in [4.78, 5) is 27.6. The summed E-state index contributed by atoms with van der Waals surface area (Å²) in [5.41, 5.74) is 0. The number of carbonyl (C=O) groups excluding carboxylic acids is 1. The van der Waals surface area contributed by atoms with E-state index in [-0.39, 0.29) is 6.47 Å². The molecule has 0 atom stereocenters. The second-order valence-corrected chi connectivity index (χ2v) is 1.82. The molecule has 0 spiro atoms. The molecule has 0 saturated heterocycles. The molecule has 0 unspecified atom stereocenters. The summed E-state index contributed by atoms with van der Waals surface area (Å²) >= 11 is 0. The minimum Gasteiger partial charge on any atom is -0.340 e. The maximum absolute atomic E-state index is 10.2. The monoisotopic (exact) mass is 178 g/mol. The maximum Gasteiger partial charge on any atom is 0.621 e. The second-order valence-electron chi connectivity index (χ2n) is 1.82. The highest BCUT2D eigenvalue weighted by atomic mass is 16.8. The molecule has 0 bridgehead atoms. The van der Waals surface area contributed by atoms with Crippen molar-refractivity contribution < 1.29 is 19.4 Å². The lowest BCUT2D eigenvalue weighted by atomic mass is 10.3. The number of hydrogen-bond donors (Lipinski definition) is 0. The molecule has 0 heterocycles. The van der Waals surface area contributed by atoms with Crippen LogP contribution in [0.2, 0.25) is 0 Å². The Morgan fingerprint density at radius 1 is 1.42 bits per heavy atom. The number of carbonyl (C=O) groups is 1. The molecule has 0 saturated carbocycles. The van der Waals surface area contributed by atoms with Gasteiger partial charge in [-0.3, -0.25) is 25.0 Å². The van der Waals surface area contributed by atoms with E-state index < -0.39 is 22.1 Å². The van der Waals surface area contributed by atoms with Crippen LogP contribution >= 0.6 is 0 Å². The van der Waals surface area contributed by atoms with E-state index in [0.717, 1.165) is 0 Å². The molecule has 0 aromatic carbocycles. The molecular weight excluding hydrogens is 172 g/mol. The molecule has 0 rings (SSSR count). The SMILES string of the molecule is CCC(OC=O)([N+](=O)[O-])[N+](=O)[O-]. The van der Waals surface area contributed by atoms with E-state index in [1.165, 1.54) is 6.92 Å². The Morgan fingerprint density at radius 3 is 1.92 bits per heavy atom. The Labute approximate surface area is 66.4 Å². The van der Waals surface area contributed by atoms with Gasteiger partial charge in [0.2, 0.25) is 0 Å². The van der Waals surface area contributed by atoms with Gasteiger partial charge in [-0.2, -0.15) is 0 Å². The topological polar surface area (TPSA) is 113 Å². The minimum absolute atomic E-state index is 0.310. The van der Waals surface area contributed by atoms with Gasteiger partial charge in [-0.1, -0.05) is 0 Å². The Hall–Kier alpha value is -1.73. The summed E-state index contributed by atoms with van der Waals surface area (Å²) in [6.07, 6.45) is -0.522. The van der Waals surface area contributed by atoms with Crippen LogP contribution in [0.15, 0.2) is 0 Å². The van der Waals surface area contributed by atoms with Gasteiger partial charge in [-0.05, 0) is 6.92 Å². The molecule has 68 valence electrons. The molecule has 12 heavy (non-hydrogen) atoms. The Kier molecular flexibility index (Phi) is 3.08. The van der Waals surface area contributed by atoms with Crippen molar-refractivity contribution >= 4 is 6.47 Å². The van der Waals surface area contributed by atoms with E-state index in [2.05, 4.69) is 4.74 Å². The lowest BCUT2D eigenvalue weighted by Crippen LogP contribution is -2.48. The van der Waals surface area contributed by atoms with Crippen LogP contribution in [0.4, 0.5) is 0 Å². The van der Waals surface area contributed by atoms with Crippen molar-refractivity contribution in [1.82, 2.24) is 0 Å². The van der Waals surface area contributed by atoms with Crippen LogP contribution in [0.1, 0.15) is 13.3 Å². The number of hydrogen-bond acceptors (Lipinski definition) is 6. The fraction of sp³-hybridized carbons (Fsp3) is 0.750. The Balaban J connectivity index is 4.88. The van der Waals surface area contributed by atoms with Crippen LogP contribution in [0.3, 0.4) is 0 Å². The van der Waals surface area contributed by atoms with Crippen molar-refractivity contribution in [2.24, 2.45) is 0 Å². The van der Waals surface area contributed by atoms with Gasteiger partial charge in [0.15, 0.2) is 0 Å². The molecule has 0 aromatic rings. The standard InChI is InChI=1S/C4H6N2O6/c1-2-4(5(8)9,6(10)11)12-3-7/h3H,2H2,1H3. The number of ether oxygens (including phenoxy) is 1. The Morgan fingerprint density at radius 2 is 1.83 bits per heavy atom. The summed E-state index contributed by atoms with van der Waals surface area (Å²) in [6, 6.07) is 0. The fourth-order valence-electron chi connectivity index (χ4n) is 0.571. The molecule has 0 fully saturated rings. The van der Waals surface area contributed by atoms with Crippen LogP contribution in [0.5, 0.6) is 0 Å². The molecule has 0 aliphatic carbocycles. The van der Waals surface area contributed by atoms with E-state index >= 15 is 0 Å². The highest BCUT2D eigenvalue weighted by Gasteiger charge is 2.58. The lowest BCUT2D eigenvalue weighted by molar-refractivity contribution is -0.843. The van der Waals surface area contributed by atoms with Crippen molar-refractivity contribution in [3.63, 3.8) is 0 Å². The first-order valence-electron chi connectivity index (χ1n) is 2.91. The summed E-state index contributed by atoms with van der Waals surface area (Å²) in [5.74, 6) is -2.83. The van der Waals surface area contributed by atoms with Crippen molar-refractivity contribution in [2.45, 2.75) is 19.2 Å². The average Bonchev–Trinajstić information content (AvgIpc) is 1.98. The molecule has 0 radical (unpaired) electrons.